The molecule has 6 rings (SSSR count). The molecule has 8 heteroatoms. The van der Waals surface area contributed by atoms with E-state index >= 15 is 0 Å². The number of nitrogens with one attached hydrogen (secondary N) is 1. The van der Waals surface area contributed by atoms with E-state index in [1.54, 1.807) is 12.4 Å². The molecule has 7 nitrogen and oxygen atoms in total. The number of anilines is 2. The van der Waals surface area contributed by atoms with Crippen molar-refractivity contribution < 1.29 is 4.42 Å². The highest BCUT2D eigenvalue weighted by Gasteiger charge is 2.28. The Morgan fingerprint density at radius 1 is 1.06 bits per heavy atom. The molecular formula is C27H23IN6O. The number of aromatic nitrogens is 5. The molecule has 2 aliphatic carbocycles. The molecule has 0 saturated heterocycles. The zero-order chi connectivity index (χ0) is 23.6. The minimum Gasteiger partial charge on any atom is -0.425 e. The Hall–Kier alpha value is -3.53. The van der Waals surface area contributed by atoms with Gasteiger partial charge in [0.15, 0.2) is 5.89 Å². The molecule has 1 N–H and O–H groups in total. The van der Waals surface area contributed by atoms with Gasteiger partial charge in [-0.25, -0.2) is 24.9 Å². The van der Waals surface area contributed by atoms with Crippen LogP contribution in [0.3, 0.4) is 0 Å². The summed E-state index contributed by atoms with van der Waals surface area (Å²) < 4.78 is 9.18. The predicted octanol–water partition coefficient (Wildman–Crippen LogP) is 5.91. The van der Waals surface area contributed by atoms with Gasteiger partial charge in [-0.05, 0) is 41.5 Å². The first-order valence-electron chi connectivity index (χ1n) is 11.5. The molecular weight excluding hydrogens is 551 g/mol. The third kappa shape index (κ3) is 5.27. The SMILES string of the molecule is CC1=C/C=C\C=C(Cc2ncc3c(n2)I=CC(c2ccnc(Nc4cnc(C5CC5)o4)n2)=C3)/C=C\1. The zero-order valence-corrected chi connectivity index (χ0v) is 21.3. The van der Waals surface area contributed by atoms with Crippen LogP contribution in [0.25, 0.3) is 11.6 Å². The van der Waals surface area contributed by atoms with Crippen LogP contribution in [0, 0.1) is 3.70 Å². The smallest absolute Gasteiger partial charge is 0.230 e. The quantitative estimate of drug-likeness (QED) is 0.289. The molecule has 35 heavy (non-hydrogen) atoms. The van der Waals surface area contributed by atoms with Gasteiger partial charge in [0.25, 0.3) is 0 Å². The van der Waals surface area contributed by atoms with Crippen LogP contribution in [0.1, 0.15) is 48.7 Å². The summed E-state index contributed by atoms with van der Waals surface area (Å²) in [6, 6.07) is 1.92. The molecule has 0 spiro atoms. The van der Waals surface area contributed by atoms with E-state index in [0.717, 1.165) is 45.1 Å². The number of fused-ring (bicyclic) bond motifs is 1. The van der Waals surface area contributed by atoms with Gasteiger partial charge in [-0.3, -0.25) is 5.32 Å². The van der Waals surface area contributed by atoms with Crippen LogP contribution in [0.2, 0.25) is 0 Å². The average Bonchev–Trinajstić information content (AvgIpc) is 3.62. The standard InChI is InChI=1S/C27H23IN6O/c1-17-4-2-3-5-18(7-6-17)12-23-30-15-21-13-20(14-28-25(21)33-23)22-10-11-29-27(32-22)34-24-16-31-26(35-24)19-8-9-19/h2-7,10-11,13-16,19H,8-9,12H2,1H3,(H,29,32,34)/b3-2-,4-2?,5-3?,7-6-,17-4-,17-6?,18-5+,18-7?. The summed E-state index contributed by atoms with van der Waals surface area (Å²) in [5, 5.41) is 3.14. The second-order valence-corrected chi connectivity index (χ2v) is 10.9. The summed E-state index contributed by atoms with van der Waals surface area (Å²) in [7, 11) is 0. The summed E-state index contributed by atoms with van der Waals surface area (Å²) >= 11 is -0.400. The first-order chi connectivity index (χ1) is 17.2. The van der Waals surface area contributed by atoms with Gasteiger partial charge in [-0.1, -0.05) is 62.8 Å². The Labute approximate surface area is 213 Å². The fraction of sp³-hybridized carbons (Fsp3) is 0.185. The van der Waals surface area contributed by atoms with Crippen LogP contribution in [0.5, 0.6) is 0 Å². The minimum atomic E-state index is -0.400. The van der Waals surface area contributed by atoms with Crippen molar-refractivity contribution in [2.24, 2.45) is 0 Å². The lowest BCUT2D eigenvalue weighted by Gasteiger charge is -2.11. The van der Waals surface area contributed by atoms with Crippen molar-refractivity contribution in [2.75, 3.05) is 5.32 Å². The zero-order valence-electron chi connectivity index (χ0n) is 19.1. The number of hydrogen-bond donors (Lipinski definition) is 1. The molecule has 0 bridgehead atoms. The Balaban J connectivity index is 1.18. The van der Waals surface area contributed by atoms with Crippen molar-refractivity contribution in [3.8, 4) is 0 Å². The van der Waals surface area contributed by atoms with Crippen LogP contribution < -0.4 is 5.32 Å². The van der Waals surface area contributed by atoms with E-state index in [0.29, 0.717) is 24.2 Å². The van der Waals surface area contributed by atoms with Gasteiger partial charge in [0.2, 0.25) is 11.8 Å². The Morgan fingerprint density at radius 3 is 2.89 bits per heavy atom. The molecule has 3 aliphatic rings. The summed E-state index contributed by atoms with van der Waals surface area (Å²) in [4.78, 5) is 22.9. The Kier molecular flexibility index (Phi) is 6.03. The second-order valence-electron chi connectivity index (χ2n) is 8.63. The molecule has 3 aromatic rings. The highest BCUT2D eigenvalue weighted by atomic mass is 127. The molecule has 1 aliphatic heterocycles. The molecule has 0 amide bonds. The van der Waals surface area contributed by atoms with Gasteiger partial charge < -0.3 is 4.42 Å². The molecule has 3 aromatic heterocycles. The predicted molar refractivity (Wildman–Crippen MR) is 146 cm³/mol. The van der Waals surface area contributed by atoms with Gasteiger partial charge in [-0.15, -0.1) is 0 Å². The fourth-order valence-corrected chi connectivity index (χ4v) is 5.91. The van der Waals surface area contributed by atoms with Crippen molar-refractivity contribution in [3.05, 3.63) is 98.9 Å². The molecule has 1 fully saturated rings. The van der Waals surface area contributed by atoms with Crippen LogP contribution in [0.4, 0.5) is 11.8 Å². The van der Waals surface area contributed by atoms with Crippen molar-refractivity contribution in [1.29, 1.82) is 0 Å². The molecule has 174 valence electrons. The van der Waals surface area contributed by atoms with Crippen molar-refractivity contribution in [3.63, 3.8) is 0 Å². The molecule has 0 unspecified atom stereocenters. The molecule has 4 heterocycles. The monoisotopic (exact) mass is 574 g/mol. The van der Waals surface area contributed by atoms with Crippen LogP contribution in [-0.2, 0) is 6.42 Å². The van der Waals surface area contributed by atoms with Gasteiger partial charge in [0.05, 0.1) is 11.9 Å². The maximum absolute atomic E-state index is 5.78. The summed E-state index contributed by atoms with van der Waals surface area (Å²) in [5.74, 6) is 3.17. The van der Waals surface area contributed by atoms with E-state index in [2.05, 4.69) is 73.7 Å². The summed E-state index contributed by atoms with van der Waals surface area (Å²) in [6.45, 7) is 2.10. The summed E-state index contributed by atoms with van der Waals surface area (Å²) in [5.41, 5.74) is 5.42. The van der Waals surface area contributed by atoms with Gasteiger partial charge >= 0.3 is 0 Å². The van der Waals surface area contributed by atoms with Crippen molar-refractivity contribution in [2.45, 2.75) is 32.1 Å². The highest BCUT2D eigenvalue weighted by molar-refractivity contribution is 14.2. The van der Waals surface area contributed by atoms with E-state index < -0.39 is 20.7 Å². The largest absolute Gasteiger partial charge is 0.425 e. The maximum Gasteiger partial charge on any atom is 0.230 e. The lowest BCUT2D eigenvalue weighted by atomic mass is 10.1. The lowest BCUT2D eigenvalue weighted by Crippen LogP contribution is -2.04. The van der Waals surface area contributed by atoms with Crippen LogP contribution >= 0.6 is 20.7 Å². The number of halogens is 1. The van der Waals surface area contributed by atoms with Gasteiger partial charge in [0.1, 0.15) is 9.53 Å². The van der Waals surface area contributed by atoms with E-state index in [9.17, 15) is 0 Å². The normalized spacial score (nSPS) is 21.7. The number of hydrogen-bond acceptors (Lipinski definition) is 7. The second kappa shape index (κ2) is 9.61. The number of oxazole rings is 1. The maximum atomic E-state index is 5.78. The highest BCUT2D eigenvalue weighted by Crippen LogP contribution is 2.40. The molecule has 0 radical (unpaired) electrons. The third-order valence-electron chi connectivity index (χ3n) is 5.74. The Morgan fingerprint density at radius 2 is 1.97 bits per heavy atom. The van der Waals surface area contributed by atoms with Crippen molar-refractivity contribution in [1.82, 2.24) is 24.9 Å². The fourth-order valence-electron chi connectivity index (χ4n) is 3.70. The number of nitrogens with zero attached hydrogens (tertiary/aromatic N) is 5. The molecule has 0 aromatic carbocycles. The Bertz CT molecular complexity index is 1470. The van der Waals surface area contributed by atoms with Gasteiger partial charge in [-0.2, -0.15) is 0 Å². The van der Waals surface area contributed by atoms with E-state index in [4.69, 9.17) is 14.4 Å². The first-order valence-corrected chi connectivity index (χ1v) is 13.8. The third-order valence-corrected chi connectivity index (χ3v) is 8.18. The van der Waals surface area contributed by atoms with Crippen molar-refractivity contribution >= 4 is 48.2 Å². The number of allylic oxidation sites excluding steroid dienone is 9. The van der Waals surface area contributed by atoms with E-state index in [1.165, 1.54) is 11.1 Å². The average molecular weight is 574 g/mol. The number of rotatable bonds is 6. The van der Waals surface area contributed by atoms with Crippen LogP contribution in [0.15, 0.2) is 76.7 Å². The molecule has 1 saturated carbocycles. The first kappa shape index (κ1) is 22.0. The lowest BCUT2D eigenvalue weighted by molar-refractivity contribution is 0.511. The minimum absolute atomic E-state index is 0.400. The topological polar surface area (TPSA) is 89.6 Å². The van der Waals surface area contributed by atoms with Crippen LogP contribution in [-0.4, -0.2) is 28.9 Å². The molecule has 0 atom stereocenters. The summed E-state index contributed by atoms with van der Waals surface area (Å²) in [6.07, 6.45) is 23.1. The van der Waals surface area contributed by atoms with E-state index in [-0.39, 0.29) is 0 Å². The van der Waals surface area contributed by atoms with E-state index in [1.807, 2.05) is 12.3 Å². The van der Waals surface area contributed by atoms with Gasteiger partial charge in [0, 0.05) is 35.9 Å².